The van der Waals surface area contributed by atoms with Gasteiger partial charge in [-0.05, 0) is 37.1 Å². The number of carbonyl (C=O) groups excluding carboxylic acids is 2. The van der Waals surface area contributed by atoms with Crippen molar-refractivity contribution in [3.05, 3.63) is 80.0 Å². The number of halogens is 1. The SMILES string of the molecule is Cc1cccc(C)c1NC1=C(Cl)C(=O)O[C@@H]1OC(=O)c1ccc([N+](=O)[O-])cc1. The van der Waals surface area contributed by atoms with Crippen molar-refractivity contribution in [1.29, 1.82) is 0 Å². The highest BCUT2D eigenvalue weighted by atomic mass is 35.5. The molecule has 0 aromatic heterocycles. The summed E-state index contributed by atoms with van der Waals surface area (Å²) in [7, 11) is 0. The van der Waals surface area contributed by atoms with E-state index in [1.807, 2.05) is 32.0 Å². The molecule has 3 rings (SSSR count). The number of cyclic esters (lactones) is 1. The Balaban J connectivity index is 1.82. The summed E-state index contributed by atoms with van der Waals surface area (Å²) in [4.78, 5) is 34.4. The average Bonchev–Trinajstić information content (AvgIpc) is 2.92. The van der Waals surface area contributed by atoms with E-state index in [9.17, 15) is 19.7 Å². The van der Waals surface area contributed by atoms with Crippen LogP contribution in [0.2, 0.25) is 0 Å². The number of rotatable bonds is 5. The molecule has 9 heteroatoms. The van der Waals surface area contributed by atoms with E-state index in [0.717, 1.165) is 11.1 Å². The summed E-state index contributed by atoms with van der Waals surface area (Å²) in [6, 6.07) is 10.5. The molecule has 1 aliphatic rings. The van der Waals surface area contributed by atoms with Crippen LogP contribution in [0.1, 0.15) is 21.5 Å². The van der Waals surface area contributed by atoms with Crippen molar-refractivity contribution in [3.63, 3.8) is 0 Å². The minimum Gasteiger partial charge on any atom is -0.415 e. The monoisotopic (exact) mass is 402 g/mol. The third kappa shape index (κ3) is 3.81. The maximum Gasteiger partial charge on any atom is 0.355 e. The van der Waals surface area contributed by atoms with Gasteiger partial charge >= 0.3 is 11.9 Å². The molecule has 2 aromatic rings. The van der Waals surface area contributed by atoms with Crippen LogP contribution in [0.5, 0.6) is 0 Å². The van der Waals surface area contributed by atoms with Crippen molar-refractivity contribution in [2.24, 2.45) is 0 Å². The topological polar surface area (TPSA) is 108 Å². The van der Waals surface area contributed by atoms with Gasteiger partial charge in [0.2, 0.25) is 0 Å². The lowest BCUT2D eigenvalue weighted by Gasteiger charge is -2.18. The zero-order chi connectivity index (χ0) is 20.4. The fraction of sp³-hybridized carbons (Fsp3) is 0.158. The fourth-order valence-corrected chi connectivity index (χ4v) is 2.83. The third-order valence-electron chi connectivity index (χ3n) is 4.13. The molecule has 28 heavy (non-hydrogen) atoms. The van der Waals surface area contributed by atoms with Crippen LogP contribution in [-0.2, 0) is 14.3 Å². The van der Waals surface area contributed by atoms with Crippen molar-refractivity contribution in [2.45, 2.75) is 20.1 Å². The number of hydrogen-bond donors (Lipinski definition) is 1. The molecule has 1 heterocycles. The van der Waals surface area contributed by atoms with Crippen LogP contribution in [0, 0.1) is 24.0 Å². The molecule has 0 saturated carbocycles. The van der Waals surface area contributed by atoms with Crippen molar-refractivity contribution >= 4 is 34.9 Å². The van der Waals surface area contributed by atoms with E-state index in [-0.39, 0.29) is 22.0 Å². The van der Waals surface area contributed by atoms with E-state index in [1.54, 1.807) is 0 Å². The molecule has 144 valence electrons. The van der Waals surface area contributed by atoms with Crippen molar-refractivity contribution < 1.29 is 24.0 Å². The molecule has 8 nitrogen and oxygen atoms in total. The molecule has 0 unspecified atom stereocenters. The number of carbonyl (C=O) groups is 2. The normalized spacial score (nSPS) is 16.0. The van der Waals surface area contributed by atoms with Crippen LogP contribution >= 0.6 is 11.6 Å². The number of nitro groups is 1. The van der Waals surface area contributed by atoms with Crippen LogP contribution in [-0.4, -0.2) is 23.2 Å². The fourth-order valence-electron chi connectivity index (χ4n) is 2.65. The van der Waals surface area contributed by atoms with Crippen LogP contribution in [0.4, 0.5) is 11.4 Å². The Morgan fingerprint density at radius 2 is 1.79 bits per heavy atom. The largest absolute Gasteiger partial charge is 0.415 e. The molecule has 0 aliphatic carbocycles. The first kappa shape index (κ1) is 19.4. The van der Waals surface area contributed by atoms with Gasteiger partial charge in [0.1, 0.15) is 5.70 Å². The Labute approximate surface area is 164 Å². The standard InChI is InChI=1S/C19H15ClN2O6/c1-10-4-3-5-11(2)15(10)21-16-14(20)18(24)28-19(16)27-17(23)12-6-8-13(9-7-12)22(25)26/h3-9,19,21H,1-2H3/t19-/m0/s1. The number of nitrogens with zero attached hydrogens (tertiary/aromatic N) is 1. The van der Waals surface area contributed by atoms with Crippen LogP contribution in [0.3, 0.4) is 0 Å². The van der Waals surface area contributed by atoms with Gasteiger partial charge in [0, 0.05) is 17.8 Å². The number of non-ortho nitro benzene ring substituents is 1. The second-order valence-electron chi connectivity index (χ2n) is 6.07. The van der Waals surface area contributed by atoms with Crippen molar-refractivity contribution in [2.75, 3.05) is 5.32 Å². The third-order valence-corrected chi connectivity index (χ3v) is 4.49. The van der Waals surface area contributed by atoms with Gasteiger partial charge in [-0.3, -0.25) is 10.1 Å². The number of para-hydroxylation sites is 1. The highest BCUT2D eigenvalue weighted by Gasteiger charge is 2.37. The summed E-state index contributed by atoms with van der Waals surface area (Å²) in [5, 5.41) is 13.5. The minimum absolute atomic E-state index is 0.0658. The molecule has 0 bridgehead atoms. The maximum atomic E-state index is 12.4. The molecule has 1 N–H and O–H groups in total. The van der Waals surface area contributed by atoms with E-state index >= 15 is 0 Å². The van der Waals surface area contributed by atoms with Gasteiger partial charge in [-0.25, -0.2) is 9.59 Å². The molecular weight excluding hydrogens is 388 g/mol. The zero-order valence-electron chi connectivity index (χ0n) is 14.9. The number of hydrogen-bond acceptors (Lipinski definition) is 7. The first-order valence-electron chi connectivity index (χ1n) is 8.17. The van der Waals surface area contributed by atoms with Gasteiger partial charge in [-0.2, -0.15) is 0 Å². The lowest BCUT2D eigenvalue weighted by molar-refractivity contribution is -0.384. The van der Waals surface area contributed by atoms with Crippen LogP contribution < -0.4 is 5.32 Å². The Hall–Kier alpha value is -3.39. The average molecular weight is 403 g/mol. The summed E-state index contributed by atoms with van der Waals surface area (Å²) in [6.07, 6.45) is -1.36. The first-order valence-corrected chi connectivity index (χ1v) is 8.55. The number of aryl methyl sites for hydroxylation is 2. The van der Waals surface area contributed by atoms with E-state index < -0.39 is 23.2 Å². The number of anilines is 1. The molecule has 0 amide bonds. The van der Waals surface area contributed by atoms with Crippen molar-refractivity contribution in [1.82, 2.24) is 0 Å². The predicted molar refractivity (Wildman–Crippen MR) is 101 cm³/mol. The van der Waals surface area contributed by atoms with Gasteiger partial charge in [0.15, 0.2) is 5.03 Å². The molecular formula is C19H15ClN2O6. The van der Waals surface area contributed by atoms with Gasteiger partial charge in [-0.15, -0.1) is 0 Å². The van der Waals surface area contributed by atoms with Crippen molar-refractivity contribution in [3.8, 4) is 0 Å². The van der Waals surface area contributed by atoms with Gasteiger partial charge in [-0.1, -0.05) is 29.8 Å². The highest BCUT2D eigenvalue weighted by molar-refractivity contribution is 6.42. The lowest BCUT2D eigenvalue weighted by Crippen LogP contribution is -2.24. The molecule has 0 spiro atoms. The second kappa shape index (κ2) is 7.69. The first-order chi connectivity index (χ1) is 13.3. The Morgan fingerprint density at radius 3 is 2.36 bits per heavy atom. The molecule has 0 saturated heterocycles. The van der Waals surface area contributed by atoms with E-state index in [1.165, 1.54) is 24.3 Å². The molecule has 2 aromatic carbocycles. The maximum absolute atomic E-state index is 12.4. The molecule has 0 fully saturated rings. The molecule has 0 radical (unpaired) electrons. The summed E-state index contributed by atoms with van der Waals surface area (Å²) < 4.78 is 10.3. The van der Waals surface area contributed by atoms with E-state index in [0.29, 0.717) is 5.69 Å². The Bertz CT molecular complexity index is 980. The second-order valence-corrected chi connectivity index (χ2v) is 6.44. The van der Waals surface area contributed by atoms with Crippen LogP contribution in [0.25, 0.3) is 0 Å². The zero-order valence-corrected chi connectivity index (χ0v) is 15.6. The molecule has 1 atom stereocenters. The lowest BCUT2D eigenvalue weighted by atomic mass is 10.1. The summed E-state index contributed by atoms with van der Waals surface area (Å²) in [5.74, 6) is -1.64. The van der Waals surface area contributed by atoms with E-state index in [2.05, 4.69) is 5.32 Å². The van der Waals surface area contributed by atoms with Gasteiger partial charge in [0.05, 0.1) is 10.5 Å². The Kier molecular flexibility index (Phi) is 5.32. The summed E-state index contributed by atoms with van der Waals surface area (Å²) in [6.45, 7) is 3.75. The summed E-state index contributed by atoms with van der Waals surface area (Å²) in [5.41, 5.74) is 2.53. The summed E-state index contributed by atoms with van der Waals surface area (Å²) >= 11 is 6.04. The van der Waals surface area contributed by atoms with Crippen LogP contribution in [0.15, 0.2) is 53.2 Å². The van der Waals surface area contributed by atoms with E-state index in [4.69, 9.17) is 21.1 Å². The predicted octanol–water partition coefficient (Wildman–Crippen LogP) is 3.81. The number of benzene rings is 2. The number of nitro benzene ring substituents is 1. The number of ether oxygens (including phenoxy) is 2. The van der Waals surface area contributed by atoms with Gasteiger partial charge in [0.25, 0.3) is 12.0 Å². The smallest absolute Gasteiger partial charge is 0.355 e. The number of nitrogens with one attached hydrogen (secondary N) is 1. The quantitative estimate of drug-likeness (QED) is 0.460. The van der Waals surface area contributed by atoms with Gasteiger partial charge < -0.3 is 14.8 Å². The molecule has 1 aliphatic heterocycles. The minimum atomic E-state index is -1.36. The highest BCUT2D eigenvalue weighted by Crippen LogP contribution is 2.31. The Morgan fingerprint density at radius 1 is 1.18 bits per heavy atom. The number of esters is 2.